The number of carbonyl (C=O) groups is 2. The molecule has 182 valence electrons. The number of likely N-dealkylation sites (N-methyl/N-ethyl adjacent to an activating group) is 1. The number of carbonyl (C=O) groups excluding carboxylic acids is 2. The smallest absolute Gasteiger partial charge is 0.273 e. The molecule has 1 N–H and O–H groups in total. The van der Waals surface area contributed by atoms with Crippen molar-refractivity contribution >= 4 is 40.7 Å². The van der Waals surface area contributed by atoms with Crippen molar-refractivity contribution < 1.29 is 14.5 Å². The molecule has 0 spiro atoms. The van der Waals surface area contributed by atoms with Gasteiger partial charge in [0.05, 0.1) is 11.3 Å². The van der Waals surface area contributed by atoms with E-state index in [0.29, 0.717) is 22.2 Å². The molecule has 0 heterocycles. The van der Waals surface area contributed by atoms with Gasteiger partial charge in [0.15, 0.2) is 0 Å². The third-order valence-corrected chi connectivity index (χ3v) is 6.09. The average Bonchev–Trinajstić information content (AvgIpc) is 2.83. The van der Waals surface area contributed by atoms with Crippen molar-refractivity contribution in [1.29, 1.82) is 0 Å². The van der Waals surface area contributed by atoms with Crippen molar-refractivity contribution in [3.05, 3.63) is 110 Å². The summed E-state index contributed by atoms with van der Waals surface area (Å²) in [4.78, 5) is 39.3. The molecule has 0 aliphatic heterocycles. The number of para-hydroxylation sites is 1. The molecule has 0 aliphatic carbocycles. The van der Waals surface area contributed by atoms with E-state index in [-0.39, 0.29) is 36.5 Å². The van der Waals surface area contributed by atoms with Gasteiger partial charge >= 0.3 is 0 Å². The van der Waals surface area contributed by atoms with Gasteiger partial charge in [-0.15, -0.1) is 0 Å². The Bertz CT molecular complexity index is 1200. The molecular formula is C26H25Cl2N3O4. The van der Waals surface area contributed by atoms with Crippen LogP contribution < -0.4 is 5.32 Å². The predicted octanol–water partition coefficient (Wildman–Crippen LogP) is 5.22. The van der Waals surface area contributed by atoms with Crippen LogP contribution in [-0.2, 0) is 29.0 Å². The number of halogens is 2. The highest BCUT2D eigenvalue weighted by atomic mass is 35.5. The molecule has 0 saturated carbocycles. The molecule has 0 unspecified atom stereocenters. The SMILES string of the molecule is CCNC(=O)[C@H](Cc1ccccc1)N(Cc1ccc(Cl)cc1Cl)C(=O)Cc1ccccc1[N+](=O)[O-]. The van der Waals surface area contributed by atoms with E-state index in [1.165, 1.54) is 11.0 Å². The summed E-state index contributed by atoms with van der Waals surface area (Å²) in [5, 5.41) is 15.1. The lowest BCUT2D eigenvalue weighted by molar-refractivity contribution is -0.385. The van der Waals surface area contributed by atoms with Gasteiger partial charge in [0.2, 0.25) is 11.8 Å². The minimum Gasteiger partial charge on any atom is -0.355 e. The molecule has 0 aromatic heterocycles. The van der Waals surface area contributed by atoms with Crippen molar-refractivity contribution in [2.75, 3.05) is 6.54 Å². The van der Waals surface area contributed by atoms with Crippen LogP contribution in [0.2, 0.25) is 10.0 Å². The molecule has 9 heteroatoms. The highest BCUT2D eigenvalue weighted by Crippen LogP contribution is 2.25. The Kier molecular flexibility index (Phi) is 9.23. The van der Waals surface area contributed by atoms with Gasteiger partial charge in [0.1, 0.15) is 6.04 Å². The fourth-order valence-electron chi connectivity index (χ4n) is 3.78. The largest absolute Gasteiger partial charge is 0.355 e. The van der Waals surface area contributed by atoms with Crippen LogP contribution in [0.3, 0.4) is 0 Å². The van der Waals surface area contributed by atoms with Crippen LogP contribution in [0.1, 0.15) is 23.6 Å². The van der Waals surface area contributed by atoms with E-state index in [1.54, 1.807) is 43.3 Å². The minimum absolute atomic E-state index is 0.0318. The molecule has 35 heavy (non-hydrogen) atoms. The van der Waals surface area contributed by atoms with Gasteiger partial charge in [-0.2, -0.15) is 0 Å². The fraction of sp³-hybridized carbons (Fsp3) is 0.231. The zero-order valence-electron chi connectivity index (χ0n) is 19.1. The summed E-state index contributed by atoms with van der Waals surface area (Å²) in [6.07, 6.45) is 0.0214. The first-order chi connectivity index (χ1) is 16.8. The van der Waals surface area contributed by atoms with Crippen LogP contribution >= 0.6 is 23.2 Å². The summed E-state index contributed by atoms with van der Waals surface area (Å²) in [7, 11) is 0. The van der Waals surface area contributed by atoms with Gasteiger partial charge in [0.25, 0.3) is 5.69 Å². The maximum Gasteiger partial charge on any atom is 0.273 e. The van der Waals surface area contributed by atoms with Crippen molar-refractivity contribution in [2.45, 2.75) is 32.4 Å². The van der Waals surface area contributed by atoms with Crippen molar-refractivity contribution in [1.82, 2.24) is 10.2 Å². The van der Waals surface area contributed by atoms with Gasteiger partial charge in [-0.05, 0) is 30.2 Å². The van der Waals surface area contributed by atoms with Crippen LogP contribution in [0.5, 0.6) is 0 Å². The number of nitrogens with one attached hydrogen (secondary N) is 1. The lowest BCUT2D eigenvalue weighted by atomic mass is 10.0. The second kappa shape index (κ2) is 12.3. The molecule has 1 atom stereocenters. The predicted molar refractivity (Wildman–Crippen MR) is 136 cm³/mol. The van der Waals surface area contributed by atoms with Crippen LogP contribution in [0.25, 0.3) is 0 Å². The van der Waals surface area contributed by atoms with Gasteiger partial charge in [-0.25, -0.2) is 0 Å². The third-order valence-electron chi connectivity index (χ3n) is 5.51. The van der Waals surface area contributed by atoms with Crippen LogP contribution in [0.4, 0.5) is 5.69 Å². The lowest BCUT2D eigenvalue weighted by Gasteiger charge is -2.32. The molecule has 3 rings (SSSR count). The van der Waals surface area contributed by atoms with E-state index in [9.17, 15) is 19.7 Å². The minimum atomic E-state index is -0.862. The lowest BCUT2D eigenvalue weighted by Crippen LogP contribution is -2.51. The zero-order valence-corrected chi connectivity index (χ0v) is 20.6. The molecule has 0 fully saturated rings. The standard InChI is InChI=1S/C26H25Cl2N3O4/c1-2-29-26(33)24(14-18-8-4-3-5-9-18)30(17-20-12-13-21(27)16-22(20)28)25(32)15-19-10-6-7-11-23(19)31(34)35/h3-13,16,24H,2,14-15,17H2,1H3,(H,29,33)/t24-/m0/s1. The average molecular weight is 514 g/mol. The number of amides is 2. The summed E-state index contributed by atoms with van der Waals surface area (Å²) in [5.41, 5.74) is 1.59. The van der Waals surface area contributed by atoms with Gasteiger partial charge in [0, 0.05) is 41.2 Å². The van der Waals surface area contributed by atoms with E-state index in [0.717, 1.165) is 5.56 Å². The molecule has 2 amide bonds. The number of nitrogens with zero attached hydrogens (tertiary/aromatic N) is 2. The van der Waals surface area contributed by atoms with E-state index < -0.39 is 16.9 Å². The molecule has 0 aliphatic rings. The molecule has 7 nitrogen and oxygen atoms in total. The third kappa shape index (κ3) is 7.04. The Morgan fingerprint density at radius 3 is 2.34 bits per heavy atom. The zero-order chi connectivity index (χ0) is 25.4. The number of hydrogen-bond donors (Lipinski definition) is 1. The summed E-state index contributed by atoms with van der Waals surface area (Å²) in [5.74, 6) is -0.755. The Labute approximate surface area is 213 Å². The van der Waals surface area contributed by atoms with Crippen molar-refractivity contribution in [2.24, 2.45) is 0 Å². The van der Waals surface area contributed by atoms with Gasteiger partial charge in [-0.3, -0.25) is 19.7 Å². The Morgan fingerprint density at radius 2 is 1.69 bits per heavy atom. The maximum atomic E-state index is 13.7. The summed E-state index contributed by atoms with van der Waals surface area (Å²) in [6.45, 7) is 2.22. The molecule has 3 aromatic carbocycles. The maximum absolute atomic E-state index is 13.7. The highest BCUT2D eigenvalue weighted by Gasteiger charge is 2.31. The Hall–Kier alpha value is -3.42. The second-order valence-corrected chi connectivity index (χ2v) is 8.76. The first kappa shape index (κ1) is 26.2. The number of nitro groups is 1. The van der Waals surface area contributed by atoms with Crippen LogP contribution in [0, 0.1) is 10.1 Å². The quantitative estimate of drug-likeness (QED) is 0.297. The normalized spacial score (nSPS) is 11.5. The summed E-state index contributed by atoms with van der Waals surface area (Å²) < 4.78 is 0. The van der Waals surface area contributed by atoms with Gasteiger partial charge < -0.3 is 10.2 Å². The fourth-order valence-corrected chi connectivity index (χ4v) is 4.25. The second-order valence-electron chi connectivity index (χ2n) is 7.92. The molecule has 0 saturated heterocycles. The number of nitro benzene ring substituents is 1. The van der Waals surface area contributed by atoms with Gasteiger partial charge in [-0.1, -0.05) is 77.8 Å². The molecule has 3 aromatic rings. The number of hydrogen-bond acceptors (Lipinski definition) is 4. The van der Waals surface area contributed by atoms with E-state index >= 15 is 0 Å². The highest BCUT2D eigenvalue weighted by molar-refractivity contribution is 6.35. The first-order valence-corrected chi connectivity index (χ1v) is 11.8. The van der Waals surface area contributed by atoms with Crippen molar-refractivity contribution in [3.63, 3.8) is 0 Å². The monoisotopic (exact) mass is 513 g/mol. The Morgan fingerprint density at radius 1 is 1.00 bits per heavy atom. The number of rotatable bonds is 10. The van der Waals surface area contributed by atoms with Crippen LogP contribution in [0.15, 0.2) is 72.8 Å². The molecule has 0 bridgehead atoms. The summed E-state index contributed by atoms with van der Waals surface area (Å²) >= 11 is 12.4. The molecular weight excluding hydrogens is 489 g/mol. The van der Waals surface area contributed by atoms with E-state index in [4.69, 9.17) is 23.2 Å². The molecule has 0 radical (unpaired) electrons. The van der Waals surface area contributed by atoms with E-state index in [2.05, 4.69) is 5.32 Å². The van der Waals surface area contributed by atoms with Crippen LogP contribution in [-0.4, -0.2) is 34.2 Å². The summed E-state index contributed by atoms with van der Waals surface area (Å²) in [6, 6.07) is 19.5. The number of benzene rings is 3. The Balaban J connectivity index is 2.02. The van der Waals surface area contributed by atoms with E-state index in [1.807, 2.05) is 30.3 Å². The topological polar surface area (TPSA) is 92.6 Å². The van der Waals surface area contributed by atoms with Crippen molar-refractivity contribution in [3.8, 4) is 0 Å². The first-order valence-electron chi connectivity index (χ1n) is 11.1.